The van der Waals surface area contributed by atoms with E-state index in [9.17, 15) is 14.4 Å². The summed E-state index contributed by atoms with van der Waals surface area (Å²) in [6, 6.07) is 20.5. The summed E-state index contributed by atoms with van der Waals surface area (Å²) in [6.45, 7) is 13.5. The Morgan fingerprint density at radius 1 is 0.677 bits per heavy atom. The molecule has 5 rings (SSSR count). The van der Waals surface area contributed by atoms with Crippen LogP contribution < -0.4 is 24.3 Å². The van der Waals surface area contributed by atoms with Gasteiger partial charge in [-0.05, 0) is 102 Å². The van der Waals surface area contributed by atoms with E-state index in [0.717, 1.165) is 57.2 Å². The van der Waals surface area contributed by atoms with Crippen molar-refractivity contribution in [2.45, 2.75) is 97.0 Å². The Morgan fingerprint density at radius 2 is 1.21 bits per heavy atom. The van der Waals surface area contributed by atoms with Crippen LogP contribution >= 0.6 is 0 Å². The molecule has 14 nitrogen and oxygen atoms in total. The van der Waals surface area contributed by atoms with Crippen LogP contribution in [0.2, 0.25) is 0 Å². The Labute approximate surface area is 369 Å². The molecular weight excluding hydrogens is 793 g/mol. The van der Waals surface area contributed by atoms with Crippen LogP contribution in [-0.2, 0) is 20.8 Å². The number of hydrogen-bond donors (Lipinski definition) is 1. The van der Waals surface area contributed by atoms with E-state index in [1.807, 2.05) is 60.0 Å². The lowest BCUT2D eigenvalue weighted by Crippen LogP contribution is -2.54. The van der Waals surface area contributed by atoms with Crippen molar-refractivity contribution in [1.29, 1.82) is 0 Å². The number of ether oxygens (including phenoxy) is 7. The zero-order chi connectivity index (χ0) is 44.9. The lowest BCUT2D eigenvalue weighted by atomic mass is 10.0. The van der Waals surface area contributed by atoms with Crippen LogP contribution in [0.3, 0.4) is 0 Å². The van der Waals surface area contributed by atoms with Crippen molar-refractivity contribution in [3.63, 3.8) is 0 Å². The number of benzene rings is 3. The van der Waals surface area contributed by atoms with Gasteiger partial charge in [0, 0.05) is 89.2 Å². The van der Waals surface area contributed by atoms with Gasteiger partial charge in [-0.2, -0.15) is 0 Å². The summed E-state index contributed by atoms with van der Waals surface area (Å²) in [5.74, 6) is 2.27. The van der Waals surface area contributed by atoms with E-state index >= 15 is 0 Å². The molecule has 0 unspecified atom stereocenters. The van der Waals surface area contributed by atoms with Crippen molar-refractivity contribution in [2.75, 3.05) is 81.0 Å². The summed E-state index contributed by atoms with van der Waals surface area (Å²) in [5, 5.41) is 3.40. The second-order valence-corrected chi connectivity index (χ2v) is 16.0. The Bertz CT molecular complexity index is 1800. The topological polar surface area (TPSA) is 138 Å². The van der Waals surface area contributed by atoms with Crippen LogP contribution in [0.25, 0.3) is 0 Å². The van der Waals surface area contributed by atoms with Crippen molar-refractivity contribution in [3.05, 3.63) is 83.4 Å². The van der Waals surface area contributed by atoms with Gasteiger partial charge in [-0.15, -0.1) is 0 Å². The van der Waals surface area contributed by atoms with Crippen molar-refractivity contribution < 1.29 is 47.5 Å². The standard InChI is InChI=1S/C28H38N2O6.C20H32N2O4/c1-21(2)30(27(31)23-13-14-25(34-4)26(18-23)35-17-9-16-33-3)24-12-8-15-29(19-24)28(32)36-20-22-10-6-5-7-11-22;1-15(2)22(17-7-5-10-21-14-17)20(23)16-8-9-18(25-4)19(13-16)26-12-6-11-24-3/h5-7,10-11,13-14,18,21,24H,8-9,12,15-17,19-20H2,1-4H3;8-9,13,15,17,21H,5-7,10-12,14H2,1-4H3/t24-;17-/m00/s1. The zero-order valence-corrected chi connectivity index (χ0v) is 38.2. The maximum absolute atomic E-state index is 13.7. The molecule has 2 saturated heterocycles. The lowest BCUT2D eigenvalue weighted by Gasteiger charge is -2.41. The SMILES string of the molecule is COCCCOc1cc(C(=O)N(C(C)C)[C@H]2CCCN(C(=O)OCc3ccccc3)C2)ccc1OC.COCCCOc1cc(C(=O)N(C(C)C)[C@H]2CCCNC2)ccc1OC. The Hall–Kier alpha value is -5.05. The van der Waals surface area contributed by atoms with E-state index in [2.05, 4.69) is 19.2 Å². The molecule has 3 aromatic carbocycles. The van der Waals surface area contributed by atoms with Gasteiger partial charge >= 0.3 is 6.09 Å². The predicted octanol–water partition coefficient (Wildman–Crippen LogP) is 7.48. The minimum absolute atomic E-state index is 0.0399. The number of likely N-dealkylation sites (tertiary alicyclic amines) is 1. The van der Waals surface area contributed by atoms with Gasteiger partial charge in [0.1, 0.15) is 6.61 Å². The van der Waals surface area contributed by atoms with E-state index < -0.39 is 0 Å². The molecule has 0 aromatic heterocycles. The third-order valence-corrected chi connectivity index (χ3v) is 10.8. The molecule has 0 bridgehead atoms. The molecule has 3 aromatic rings. The number of carbonyl (C=O) groups is 3. The molecule has 62 heavy (non-hydrogen) atoms. The first-order valence-electron chi connectivity index (χ1n) is 21.9. The van der Waals surface area contributed by atoms with Crippen molar-refractivity contribution in [3.8, 4) is 23.0 Å². The average Bonchev–Trinajstić information content (AvgIpc) is 3.29. The normalized spacial score (nSPS) is 16.2. The molecule has 2 fully saturated rings. The maximum Gasteiger partial charge on any atom is 0.410 e. The van der Waals surface area contributed by atoms with E-state index in [1.54, 1.807) is 63.7 Å². The quantitative estimate of drug-likeness (QED) is 0.113. The van der Waals surface area contributed by atoms with Gasteiger partial charge in [-0.1, -0.05) is 30.3 Å². The summed E-state index contributed by atoms with van der Waals surface area (Å²) >= 11 is 0. The number of rotatable bonds is 20. The molecule has 0 radical (unpaired) electrons. The molecule has 2 aliphatic heterocycles. The number of nitrogens with zero attached hydrogens (tertiary/aromatic N) is 3. The molecule has 3 amide bonds. The Balaban J connectivity index is 0.000000287. The highest BCUT2D eigenvalue weighted by atomic mass is 16.6. The van der Waals surface area contributed by atoms with Crippen molar-refractivity contribution in [1.82, 2.24) is 20.0 Å². The number of piperidine rings is 2. The number of hydrogen-bond acceptors (Lipinski definition) is 11. The number of methoxy groups -OCH3 is 4. The summed E-state index contributed by atoms with van der Waals surface area (Å²) < 4.78 is 38.1. The molecule has 2 atom stereocenters. The zero-order valence-electron chi connectivity index (χ0n) is 38.2. The van der Waals surface area contributed by atoms with Gasteiger partial charge in [0.05, 0.1) is 33.5 Å². The summed E-state index contributed by atoms with van der Waals surface area (Å²) in [6.07, 6.45) is 4.92. The third-order valence-electron chi connectivity index (χ3n) is 10.8. The lowest BCUT2D eigenvalue weighted by molar-refractivity contribution is 0.0384. The van der Waals surface area contributed by atoms with Gasteiger partial charge in [-0.3, -0.25) is 9.59 Å². The highest BCUT2D eigenvalue weighted by molar-refractivity contribution is 5.96. The van der Waals surface area contributed by atoms with Crippen molar-refractivity contribution in [2.24, 2.45) is 0 Å². The van der Waals surface area contributed by atoms with Crippen molar-refractivity contribution >= 4 is 17.9 Å². The van der Waals surface area contributed by atoms with Crippen LogP contribution in [0.1, 0.15) is 92.5 Å². The molecule has 14 heteroatoms. The van der Waals surface area contributed by atoms with Crippen LogP contribution in [0, 0.1) is 0 Å². The molecule has 342 valence electrons. The first-order valence-corrected chi connectivity index (χ1v) is 21.9. The van der Waals surface area contributed by atoms with Crippen LogP contribution in [0.5, 0.6) is 23.0 Å². The maximum atomic E-state index is 13.7. The van der Waals surface area contributed by atoms with Gasteiger partial charge in [0.2, 0.25) is 0 Å². The highest BCUT2D eigenvalue weighted by Crippen LogP contribution is 2.31. The van der Waals surface area contributed by atoms with Crippen LogP contribution in [0.4, 0.5) is 4.79 Å². The van der Waals surface area contributed by atoms with Gasteiger partial charge < -0.3 is 53.2 Å². The third kappa shape index (κ3) is 14.8. The molecule has 0 saturated carbocycles. The fourth-order valence-electron chi connectivity index (χ4n) is 7.79. The molecule has 2 heterocycles. The molecule has 0 aliphatic carbocycles. The van der Waals surface area contributed by atoms with Crippen LogP contribution in [-0.4, -0.2) is 138 Å². The summed E-state index contributed by atoms with van der Waals surface area (Å²) in [4.78, 5) is 45.2. The highest BCUT2D eigenvalue weighted by Gasteiger charge is 2.34. The second-order valence-electron chi connectivity index (χ2n) is 16.0. The minimum Gasteiger partial charge on any atom is -0.493 e. The van der Waals surface area contributed by atoms with E-state index in [0.29, 0.717) is 73.6 Å². The van der Waals surface area contributed by atoms with Gasteiger partial charge in [-0.25, -0.2) is 4.79 Å². The monoisotopic (exact) mass is 863 g/mol. The Kier molecular flexibility index (Phi) is 21.1. The first-order chi connectivity index (χ1) is 30.0. The Morgan fingerprint density at radius 3 is 1.69 bits per heavy atom. The molecule has 1 N–H and O–H groups in total. The number of amides is 3. The summed E-state index contributed by atoms with van der Waals surface area (Å²) in [5.41, 5.74) is 2.10. The van der Waals surface area contributed by atoms with E-state index in [4.69, 9.17) is 33.2 Å². The summed E-state index contributed by atoms with van der Waals surface area (Å²) in [7, 11) is 6.50. The second kappa shape index (κ2) is 26.4. The largest absolute Gasteiger partial charge is 0.493 e. The molecular formula is C48H70N4O10. The predicted molar refractivity (Wildman–Crippen MR) is 240 cm³/mol. The molecule has 2 aliphatic rings. The number of carbonyl (C=O) groups excluding carboxylic acids is 3. The number of nitrogens with one attached hydrogen (secondary N) is 1. The first kappa shape index (κ1) is 49.6. The van der Waals surface area contributed by atoms with Gasteiger partial charge in [0.25, 0.3) is 11.8 Å². The smallest absolute Gasteiger partial charge is 0.410 e. The average molecular weight is 863 g/mol. The van der Waals surface area contributed by atoms with Crippen LogP contribution in [0.15, 0.2) is 66.7 Å². The fourth-order valence-corrected chi connectivity index (χ4v) is 7.79. The van der Waals surface area contributed by atoms with E-state index in [1.165, 1.54) is 0 Å². The molecule has 0 spiro atoms. The van der Waals surface area contributed by atoms with Gasteiger partial charge in [0.15, 0.2) is 23.0 Å². The van der Waals surface area contributed by atoms with E-state index in [-0.39, 0.29) is 48.7 Å². The fraction of sp³-hybridized carbons (Fsp3) is 0.562. The minimum atomic E-state index is -0.351.